The first-order valence-corrected chi connectivity index (χ1v) is 13.9. The van der Waals surface area contributed by atoms with Crippen LogP contribution in [-0.4, -0.2) is 40.6 Å². The molecular formula is C27H21ClIN3O7S. The Kier molecular flexibility index (Phi) is 9.32. The van der Waals surface area contributed by atoms with E-state index in [0.29, 0.717) is 36.9 Å². The third-order valence-electron chi connectivity index (χ3n) is 5.71. The number of nitrogens with zero attached hydrogens (tertiary/aromatic N) is 2. The Morgan fingerprint density at radius 2 is 1.90 bits per heavy atom. The van der Waals surface area contributed by atoms with Crippen LogP contribution in [0, 0.1) is 20.6 Å². The van der Waals surface area contributed by atoms with E-state index in [0.717, 1.165) is 22.2 Å². The molecular weight excluding hydrogens is 673 g/mol. The first-order chi connectivity index (χ1) is 19.0. The maximum Gasteiger partial charge on any atom is 0.293 e. The van der Waals surface area contributed by atoms with Crippen molar-refractivity contribution in [2.45, 2.75) is 13.5 Å². The number of non-ortho nitro benzene ring substituents is 1. The van der Waals surface area contributed by atoms with E-state index in [4.69, 9.17) is 21.1 Å². The number of anilines is 1. The highest BCUT2D eigenvalue weighted by Crippen LogP contribution is 2.38. The third-order valence-corrected chi connectivity index (χ3v) is 7.83. The molecule has 3 aromatic rings. The summed E-state index contributed by atoms with van der Waals surface area (Å²) in [6, 6.07) is 14.2. The van der Waals surface area contributed by atoms with Gasteiger partial charge in [0.1, 0.15) is 0 Å². The molecule has 1 aliphatic rings. The lowest BCUT2D eigenvalue weighted by Crippen LogP contribution is -2.27. The van der Waals surface area contributed by atoms with Crippen LogP contribution >= 0.6 is 46.0 Å². The number of amides is 3. The van der Waals surface area contributed by atoms with Crippen molar-refractivity contribution in [3.05, 3.63) is 94.9 Å². The molecule has 0 aromatic heterocycles. The fraction of sp³-hybridized carbons (Fsp3) is 0.148. The van der Waals surface area contributed by atoms with E-state index in [1.54, 1.807) is 36.4 Å². The highest BCUT2D eigenvalue weighted by atomic mass is 127. The fourth-order valence-corrected chi connectivity index (χ4v) is 5.46. The van der Waals surface area contributed by atoms with Crippen LogP contribution in [0.25, 0.3) is 6.08 Å². The number of nitro benzene ring substituents is 1. The lowest BCUT2D eigenvalue weighted by molar-refractivity contribution is -0.384. The zero-order chi connectivity index (χ0) is 29.0. The first-order valence-electron chi connectivity index (χ1n) is 11.6. The zero-order valence-electron chi connectivity index (χ0n) is 21.1. The molecule has 1 N–H and O–H groups in total. The minimum Gasteiger partial charge on any atom is -0.493 e. The Bertz CT molecular complexity index is 1550. The molecule has 0 spiro atoms. The molecule has 1 saturated heterocycles. The summed E-state index contributed by atoms with van der Waals surface area (Å²) >= 11 is 8.95. The number of carbonyl (C=O) groups is 3. The summed E-state index contributed by atoms with van der Waals surface area (Å²) in [4.78, 5) is 49.6. The lowest BCUT2D eigenvalue weighted by atomic mass is 10.1. The summed E-state index contributed by atoms with van der Waals surface area (Å²) in [6.07, 6.45) is 1.57. The van der Waals surface area contributed by atoms with Gasteiger partial charge in [-0.1, -0.05) is 29.8 Å². The number of thioether (sulfide) groups is 1. The number of carbonyl (C=O) groups excluding carboxylic acids is 3. The van der Waals surface area contributed by atoms with Gasteiger partial charge >= 0.3 is 0 Å². The van der Waals surface area contributed by atoms with Crippen LogP contribution in [0.1, 0.15) is 16.7 Å². The fourth-order valence-electron chi connectivity index (χ4n) is 3.66. The van der Waals surface area contributed by atoms with Gasteiger partial charge in [0.15, 0.2) is 18.1 Å². The van der Waals surface area contributed by atoms with Gasteiger partial charge in [-0.3, -0.25) is 29.4 Å². The highest BCUT2D eigenvalue weighted by Gasteiger charge is 2.35. The Balaban J connectivity index is 1.45. The van der Waals surface area contributed by atoms with Gasteiger partial charge in [0.2, 0.25) is 0 Å². The summed E-state index contributed by atoms with van der Waals surface area (Å²) < 4.78 is 11.8. The van der Waals surface area contributed by atoms with Crippen molar-refractivity contribution < 1.29 is 28.8 Å². The molecule has 1 heterocycles. The summed E-state index contributed by atoms with van der Waals surface area (Å²) in [5, 5.41) is 13.7. The van der Waals surface area contributed by atoms with Crippen molar-refractivity contribution in [3.8, 4) is 11.5 Å². The predicted octanol–water partition coefficient (Wildman–Crippen LogP) is 6.42. The van der Waals surface area contributed by atoms with Crippen LogP contribution < -0.4 is 14.8 Å². The maximum absolute atomic E-state index is 13.0. The molecule has 1 aliphatic heterocycles. The molecule has 3 aromatic carbocycles. The smallest absolute Gasteiger partial charge is 0.293 e. The van der Waals surface area contributed by atoms with Gasteiger partial charge in [0.05, 0.1) is 27.1 Å². The molecule has 3 amide bonds. The van der Waals surface area contributed by atoms with Crippen molar-refractivity contribution in [1.29, 1.82) is 0 Å². The zero-order valence-corrected chi connectivity index (χ0v) is 24.8. The van der Waals surface area contributed by atoms with Crippen LogP contribution in [0.2, 0.25) is 5.02 Å². The van der Waals surface area contributed by atoms with E-state index in [1.807, 2.05) is 29.5 Å². The summed E-state index contributed by atoms with van der Waals surface area (Å²) in [5.41, 5.74) is 2.54. The molecule has 10 nitrogen and oxygen atoms in total. The van der Waals surface area contributed by atoms with Crippen LogP contribution in [0.15, 0.2) is 59.5 Å². The summed E-state index contributed by atoms with van der Waals surface area (Å²) in [7, 11) is 1.45. The molecule has 0 aliphatic carbocycles. The third kappa shape index (κ3) is 6.92. The van der Waals surface area contributed by atoms with Gasteiger partial charge in [-0.15, -0.1) is 0 Å². The molecule has 0 saturated carbocycles. The summed E-state index contributed by atoms with van der Waals surface area (Å²) in [6.45, 7) is 1.57. The van der Waals surface area contributed by atoms with Gasteiger partial charge in [-0.05, 0) is 88.3 Å². The van der Waals surface area contributed by atoms with E-state index in [1.165, 1.54) is 31.4 Å². The number of imide groups is 1. The average molecular weight is 694 g/mol. The van der Waals surface area contributed by atoms with E-state index < -0.39 is 16.1 Å². The largest absolute Gasteiger partial charge is 0.493 e. The number of halogens is 2. The second kappa shape index (κ2) is 12.7. The Hall–Kier alpha value is -3.62. The normalized spacial score (nSPS) is 14.0. The van der Waals surface area contributed by atoms with Gasteiger partial charge in [0, 0.05) is 22.8 Å². The second-order valence-corrected chi connectivity index (χ2v) is 11.1. The molecule has 4 rings (SSSR count). The van der Waals surface area contributed by atoms with Crippen LogP contribution in [-0.2, 0) is 16.1 Å². The number of hydrogen-bond donors (Lipinski definition) is 1. The number of ether oxygens (including phenoxy) is 2. The van der Waals surface area contributed by atoms with Crippen molar-refractivity contribution in [2.75, 3.05) is 19.0 Å². The minimum atomic E-state index is -0.519. The van der Waals surface area contributed by atoms with E-state index in [2.05, 4.69) is 5.32 Å². The maximum atomic E-state index is 13.0. The van der Waals surface area contributed by atoms with Crippen LogP contribution in [0.3, 0.4) is 0 Å². The van der Waals surface area contributed by atoms with E-state index in [-0.39, 0.29) is 29.7 Å². The van der Waals surface area contributed by atoms with Gasteiger partial charge in [-0.2, -0.15) is 0 Å². The molecule has 206 valence electrons. The molecule has 0 radical (unpaired) electrons. The standard InChI is InChI=1S/C27H21ClIN3O7S/c1-15-3-6-18(12-20(15)28)30-24(33)14-39-25-21(29)9-17(10-22(25)38-2)11-23-26(34)31(27(35)40-23)13-16-4-7-19(8-5-16)32(36)37/h3-12H,13-14H2,1-2H3,(H,30,33)/b23-11-. The lowest BCUT2D eigenvalue weighted by Gasteiger charge is -2.14. The van der Waals surface area contributed by atoms with E-state index >= 15 is 0 Å². The number of rotatable bonds is 9. The summed E-state index contributed by atoms with van der Waals surface area (Å²) in [5.74, 6) is -0.169. The number of nitrogens with one attached hydrogen (secondary N) is 1. The number of aryl methyl sites for hydroxylation is 1. The van der Waals surface area contributed by atoms with Gasteiger partial charge < -0.3 is 14.8 Å². The Morgan fingerprint density at radius 3 is 2.55 bits per heavy atom. The minimum absolute atomic E-state index is 0.00943. The molecule has 0 atom stereocenters. The second-order valence-electron chi connectivity index (χ2n) is 8.53. The number of benzene rings is 3. The SMILES string of the molecule is COc1cc(/C=C2\SC(=O)N(Cc3ccc([N+](=O)[O-])cc3)C2=O)cc(I)c1OCC(=O)Nc1ccc(C)c(Cl)c1. The molecule has 1 fully saturated rings. The van der Waals surface area contributed by atoms with Crippen molar-refractivity contribution in [1.82, 2.24) is 4.90 Å². The predicted molar refractivity (Wildman–Crippen MR) is 161 cm³/mol. The molecule has 40 heavy (non-hydrogen) atoms. The molecule has 0 unspecified atom stereocenters. The van der Waals surface area contributed by atoms with Crippen LogP contribution in [0.5, 0.6) is 11.5 Å². The molecule has 13 heteroatoms. The highest BCUT2D eigenvalue weighted by molar-refractivity contribution is 14.1. The van der Waals surface area contributed by atoms with Crippen molar-refractivity contribution in [2.24, 2.45) is 0 Å². The quantitative estimate of drug-likeness (QED) is 0.118. The topological polar surface area (TPSA) is 128 Å². The number of methoxy groups -OCH3 is 1. The van der Waals surface area contributed by atoms with Crippen molar-refractivity contribution >= 4 is 80.5 Å². The first kappa shape index (κ1) is 29.4. The van der Waals surface area contributed by atoms with Crippen LogP contribution in [0.4, 0.5) is 16.2 Å². The average Bonchev–Trinajstić information content (AvgIpc) is 3.17. The monoisotopic (exact) mass is 693 g/mol. The van der Waals surface area contributed by atoms with E-state index in [9.17, 15) is 24.5 Å². The number of hydrogen-bond acceptors (Lipinski definition) is 8. The number of nitro groups is 1. The van der Waals surface area contributed by atoms with Gasteiger partial charge in [-0.25, -0.2) is 0 Å². The Morgan fingerprint density at radius 1 is 1.18 bits per heavy atom. The van der Waals surface area contributed by atoms with Gasteiger partial charge in [0.25, 0.3) is 22.7 Å². The van der Waals surface area contributed by atoms with Crippen molar-refractivity contribution in [3.63, 3.8) is 0 Å². The Labute approximate surface area is 251 Å². The molecule has 0 bridgehead atoms.